The molecule has 2 heterocycles. The number of nitrogens with zero attached hydrogens (tertiary/aromatic N) is 2. The predicted octanol–water partition coefficient (Wildman–Crippen LogP) is 1.20. The Bertz CT molecular complexity index is 1090. The molecule has 3 aromatic rings. The van der Waals surface area contributed by atoms with Crippen LogP contribution in [0.5, 0.6) is 0 Å². The standard InChI is InChI=1S/C18H18N2O4/c1-9-3-5-10(6-4-9)20-17(23)13-7-11-12(8-14(13)18(20)24)16(22)19(2)15(11)21/h7-10H,3-6H2,1-2H3. The van der Waals surface area contributed by atoms with E-state index in [2.05, 4.69) is 6.92 Å². The molecule has 2 aromatic heterocycles. The van der Waals surface area contributed by atoms with E-state index in [9.17, 15) is 19.2 Å². The first kappa shape index (κ1) is 15.1. The quantitative estimate of drug-likeness (QED) is 0.673. The van der Waals surface area contributed by atoms with Crippen molar-refractivity contribution >= 4 is 21.5 Å². The van der Waals surface area contributed by atoms with Gasteiger partial charge in [0.15, 0.2) is 0 Å². The highest BCUT2D eigenvalue weighted by molar-refractivity contribution is 5.97. The maximum absolute atomic E-state index is 12.8. The normalized spacial score (nSPS) is 21.8. The van der Waals surface area contributed by atoms with E-state index in [1.807, 2.05) is 0 Å². The first-order chi connectivity index (χ1) is 11.4. The van der Waals surface area contributed by atoms with Crippen molar-refractivity contribution < 1.29 is 0 Å². The van der Waals surface area contributed by atoms with Gasteiger partial charge in [-0.2, -0.15) is 0 Å². The van der Waals surface area contributed by atoms with Crippen molar-refractivity contribution in [3.05, 3.63) is 53.5 Å². The molecule has 1 aliphatic rings. The van der Waals surface area contributed by atoms with Gasteiger partial charge in [-0.3, -0.25) is 28.3 Å². The SMILES string of the molecule is CC1CCC(n2c(=O)c3cc4c(=O)n(C)c(=O)c4cc3c2=O)CC1. The average Bonchev–Trinajstić information content (AvgIpc) is 2.94. The summed E-state index contributed by atoms with van der Waals surface area (Å²) >= 11 is 0. The van der Waals surface area contributed by atoms with E-state index in [1.165, 1.54) is 23.7 Å². The van der Waals surface area contributed by atoms with Crippen LogP contribution in [-0.4, -0.2) is 9.13 Å². The van der Waals surface area contributed by atoms with Gasteiger partial charge < -0.3 is 0 Å². The van der Waals surface area contributed by atoms with Crippen molar-refractivity contribution in [1.29, 1.82) is 0 Å². The number of hydrogen-bond acceptors (Lipinski definition) is 4. The fourth-order valence-electron chi connectivity index (χ4n) is 3.95. The van der Waals surface area contributed by atoms with Crippen LogP contribution in [-0.2, 0) is 7.05 Å². The Balaban J connectivity index is 2.02. The topological polar surface area (TPSA) is 78.1 Å². The van der Waals surface area contributed by atoms with Crippen molar-refractivity contribution in [2.45, 2.75) is 38.6 Å². The molecule has 0 N–H and O–H groups in total. The number of fused-ring (bicyclic) bond motifs is 2. The van der Waals surface area contributed by atoms with Gasteiger partial charge in [-0.25, -0.2) is 0 Å². The highest BCUT2D eigenvalue weighted by atomic mass is 16.2. The van der Waals surface area contributed by atoms with Gasteiger partial charge >= 0.3 is 0 Å². The summed E-state index contributed by atoms with van der Waals surface area (Å²) in [5, 5.41) is 0.908. The van der Waals surface area contributed by atoms with Gasteiger partial charge in [0, 0.05) is 13.1 Å². The smallest absolute Gasteiger partial charge is 0.261 e. The number of aromatic nitrogens is 2. The zero-order chi connectivity index (χ0) is 17.2. The molecule has 4 rings (SSSR count). The van der Waals surface area contributed by atoms with Crippen molar-refractivity contribution in [3.8, 4) is 0 Å². The third kappa shape index (κ3) is 1.89. The zero-order valence-electron chi connectivity index (χ0n) is 13.7. The summed E-state index contributed by atoms with van der Waals surface area (Å²) in [7, 11) is 1.40. The number of hydrogen-bond donors (Lipinski definition) is 0. The van der Waals surface area contributed by atoms with E-state index >= 15 is 0 Å². The maximum Gasteiger partial charge on any atom is 0.261 e. The van der Waals surface area contributed by atoms with Crippen LogP contribution in [0, 0.1) is 5.92 Å². The molecule has 1 saturated carbocycles. The molecule has 6 heteroatoms. The Hall–Kier alpha value is -2.50. The average molecular weight is 326 g/mol. The Labute approximate surface area is 136 Å². The fourth-order valence-corrected chi connectivity index (χ4v) is 3.95. The van der Waals surface area contributed by atoms with Crippen LogP contribution in [0.25, 0.3) is 21.5 Å². The van der Waals surface area contributed by atoms with Crippen LogP contribution >= 0.6 is 0 Å². The molecule has 0 unspecified atom stereocenters. The van der Waals surface area contributed by atoms with Gasteiger partial charge in [-0.05, 0) is 43.7 Å². The molecule has 0 saturated heterocycles. The van der Waals surface area contributed by atoms with Crippen LogP contribution in [0.3, 0.4) is 0 Å². The van der Waals surface area contributed by atoms with Gasteiger partial charge in [0.2, 0.25) is 0 Å². The number of benzene rings is 1. The lowest BCUT2D eigenvalue weighted by Crippen LogP contribution is -2.32. The highest BCUT2D eigenvalue weighted by Crippen LogP contribution is 2.30. The second-order valence-corrected chi connectivity index (χ2v) is 7.01. The molecule has 0 atom stereocenters. The molecule has 1 aromatic carbocycles. The first-order valence-corrected chi connectivity index (χ1v) is 8.28. The summed E-state index contributed by atoms with van der Waals surface area (Å²) < 4.78 is 2.35. The second kappa shape index (κ2) is 5.00. The van der Waals surface area contributed by atoms with Gasteiger partial charge in [0.05, 0.1) is 21.5 Å². The Morgan fingerprint density at radius 1 is 0.750 bits per heavy atom. The van der Waals surface area contributed by atoms with Crippen molar-refractivity contribution in [2.24, 2.45) is 13.0 Å². The molecule has 24 heavy (non-hydrogen) atoms. The van der Waals surface area contributed by atoms with Crippen molar-refractivity contribution in [1.82, 2.24) is 9.13 Å². The van der Waals surface area contributed by atoms with Crippen LogP contribution in [0.1, 0.15) is 38.6 Å². The monoisotopic (exact) mass is 326 g/mol. The molecule has 0 aliphatic heterocycles. The van der Waals surface area contributed by atoms with Gasteiger partial charge in [0.25, 0.3) is 22.2 Å². The van der Waals surface area contributed by atoms with E-state index in [1.54, 1.807) is 0 Å². The van der Waals surface area contributed by atoms with Crippen molar-refractivity contribution in [3.63, 3.8) is 0 Å². The highest BCUT2D eigenvalue weighted by Gasteiger charge is 2.25. The van der Waals surface area contributed by atoms with E-state index in [-0.39, 0.29) is 38.7 Å². The molecule has 0 radical (unpaired) electrons. The lowest BCUT2D eigenvalue weighted by molar-refractivity contribution is 0.283. The summed E-state index contributed by atoms with van der Waals surface area (Å²) in [6, 6.07) is 2.75. The lowest BCUT2D eigenvalue weighted by atomic mass is 9.87. The van der Waals surface area contributed by atoms with Gasteiger partial charge in [-0.15, -0.1) is 0 Å². The van der Waals surface area contributed by atoms with E-state index in [4.69, 9.17) is 0 Å². The molecule has 0 spiro atoms. The molecule has 1 aliphatic carbocycles. The van der Waals surface area contributed by atoms with E-state index in [0.717, 1.165) is 30.3 Å². The van der Waals surface area contributed by atoms with Crippen LogP contribution in [0.15, 0.2) is 31.3 Å². The summed E-state index contributed by atoms with van der Waals surface area (Å²) in [5.41, 5.74) is -1.54. The molecular weight excluding hydrogens is 308 g/mol. The van der Waals surface area contributed by atoms with E-state index < -0.39 is 11.1 Å². The lowest BCUT2D eigenvalue weighted by Gasteiger charge is -2.26. The summed E-state index contributed by atoms with van der Waals surface area (Å²) in [4.78, 5) is 49.7. The Morgan fingerprint density at radius 2 is 1.17 bits per heavy atom. The summed E-state index contributed by atoms with van der Waals surface area (Å²) in [6.45, 7) is 2.18. The van der Waals surface area contributed by atoms with Gasteiger partial charge in [0.1, 0.15) is 0 Å². The Kier molecular flexibility index (Phi) is 3.13. The summed E-state index contributed by atoms with van der Waals surface area (Å²) in [6.07, 6.45) is 3.62. The molecule has 0 bridgehead atoms. The van der Waals surface area contributed by atoms with E-state index in [0.29, 0.717) is 5.92 Å². The van der Waals surface area contributed by atoms with Crippen LogP contribution in [0.2, 0.25) is 0 Å². The van der Waals surface area contributed by atoms with Crippen molar-refractivity contribution in [2.75, 3.05) is 0 Å². The molecular formula is C18H18N2O4. The van der Waals surface area contributed by atoms with Gasteiger partial charge in [-0.1, -0.05) is 6.92 Å². The third-order valence-electron chi connectivity index (χ3n) is 5.48. The van der Waals surface area contributed by atoms with Crippen LogP contribution < -0.4 is 22.2 Å². The maximum atomic E-state index is 12.8. The molecule has 124 valence electrons. The van der Waals surface area contributed by atoms with Crippen LogP contribution in [0.4, 0.5) is 0 Å². The third-order valence-corrected chi connectivity index (χ3v) is 5.48. The minimum Gasteiger partial charge on any atom is -0.277 e. The largest absolute Gasteiger partial charge is 0.277 e. The molecule has 6 nitrogen and oxygen atoms in total. The minimum atomic E-state index is -0.428. The minimum absolute atomic E-state index is 0.0856. The predicted molar refractivity (Wildman–Crippen MR) is 92.5 cm³/mol. The first-order valence-electron chi connectivity index (χ1n) is 8.28. The molecule has 0 amide bonds. The zero-order valence-corrected chi connectivity index (χ0v) is 13.7. The Morgan fingerprint density at radius 3 is 1.62 bits per heavy atom. The molecule has 1 fully saturated rings. The fraction of sp³-hybridized carbons (Fsp3) is 0.444. The second-order valence-electron chi connectivity index (χ2n) is 7.01. The summed E-state index contributed by atoms with van der Waals surface area (Å²) in [5.74, 6) is 0.617. The number of rotatable bonds is 1.